The Morgan fingerprint density at radius 2 is 1.62 bits per heavy atom. The highest BCUT2D eigenvalue weighted by atomic mass is 14.6. The van der Waals surface area contributed by atoms with Crippen molar-refractivity contribution < 1.29 is 0 Å². The van der Waals surface area contributed by atoms with E-state index in [1.165, 1.54) is 44.9 Å². The molecule has 0 aromatic carbocycles. The van der Waals surface area contributed by atoms with Gasteiger partial charge in [-0.25, -0.2) is 0 Å². The topological polar surface area (TPSA) is 12.4 Å². The van der Waals surface area contributed by atoms with E-state index in [1.54, 1.807) is 0 Å². The molecule has 0 aliphatic heterocycles. The van der Waals surface area contributed by atoms with Crippen LogP contribution in [0.2, 0.25) is 6.82 Å². The molecule has 1 nitrogen and oxygen atoms in total. The van der Waals surface area contributed by atoms with Crippen LogP contribution in [-0.2, 0) is 0 Å². The molecule has 0 saturated heterocycles. The molecule has 0 N–H and O–H groups in total. The third-order valence-corrected chi connectivity index (χ3v) is 2.19. The molecule has 0 aromatic heterocycles. The highest BCUT2D eigenvalue weighted by molar-refractivity contribution is 6.32. The monoisotopic (exact) mass is 180 g/mol. The largest absolute Gasteiger partial charge is 0.360 e. The summed E-state index contributed by atoms with van der Waals surface area (Å²) in [4.78, 5) is 4.07. The quantitative estimate of drug-likeness (QED) is 0.290. The molecule has 13 heavy (non-hydrogen) atoms. The summed E-state index contributed by atoms with van der Waals surface area (Å²) < 4.78 is 0. The third kappa shape index (κ3) is 11.7. The van der Waals surface area contributed by atoms with Crippen LogP contribution in [-0.4, -0.2) is 13.6 Å². The van der Waals surface area contributed by atoms with Gasteiger partial charge < -0.3 is 4.90 Å². The van der Waals surface area contributed by atoms with Crippen molar-refractivity contribution in [2.75, 3.05) is 0 Å². The molecule has 0 rings (SSSR count). The van der Waals surface area contributed by atoms with Crippen LogP contribution >= 0.6 is 0 Å². The second-order valence-electron chi connectivity index (χ2n) is 3.50. The molecule has 0 spiro atoms. The fourth-order valence-corrected chi connectivity index (χ4v) is 1.37. The van der Waals surface area contributed by atoms with Gasteiger partial charge in [-0.3, -0.25) is 0 Å². The Hall–Kier alpha value is -0.265. The minimum Gasteiger partial charge on any atom is -0.360 e. The van der Waals surface area contributed by atoms with Crippen molar-refractivity contribution in [3.05, 3.63) is 0 Å². The van der Waals surface area contributed by atoms with Gasteiger partial charge in [-0.1, -0.05) is 52.3 Å². The lowest BCUT2D eigenvalue weighted by Crippen LogP contribution is -1.82. The Morgan fingerprint density at radius 3 is 2.23 bits per heavy atom. The summed E-state index contributed by atoms with van der Waals surface area (Å²) in [6, 6.07) is 0. The molecule has 0 fully saturated rings. The molecule has 0 heterocycles. The molecule has 0 unspecified atom stereocenters. The number of rotatable bonds is 9. The van der Waals surface area contributed by atoms with Gasteiger partial charge in [-0.05, 0) is 19.1 Å². The SMILES string of the molecule is C[B]N=CCCCCCCCCC. The van der Waals surface area contributed by atoms with Gasteiger partial charge in [0.25, 0.3) is 7.41 Å². The van der Waals surface area contributed by atoms with E-state index in [4.69, 9.17) is 0 Å². The van der Waals surface area contributed by atoms with Crippen LogP contribution in [0, 0.1) is 0 Å². The minimum atomic E-state index is 1.15. The molecule has 0 atom stereocenters. The lowest BCUT2D eigenvalue weighted by molar-refractivity contribution is 0.596. The van der Waals surface area contributed by atoms with Crippen molar-refractivity contribution in [2.45, 2.75) is 65.1 Å². The highest BCUT2D eigenvalue weighted by Gasteiger charge is 1.89. The molecule has 0 bridgehead atoms. The molecule has 1 radical (unpaired) electrons. The summed E-state index contributed by atoms with van der Waals surface area (Å²) in [5, 5.41) is 0. The number of hydrogen-bond acceptors (Lipinski definition) is 1. The van der Waals surface area contributed by atoms with Crippen LogP contribution in [0.5, 0.6) is 0 Å². The van der Waals surface area contributed by atoms with Gasteiger partial charge in [0, 0.05) is 0 Å². The first-order valence-corrected chi connectivity index (χ1v) is 5.71. The lowest BCUT2D eigenvalue weighted by Gasteiger charge is -1.98. The summed E-state index contributed by atoms with van der Waals surface area (Å²) in [6.07, 6.45) is 12.9. The molecule has 0 aliphatic carbocycles. The molecule has 0 amide bonds. The summed E-state index contributed by atoms with van der Waals surface area (Å²) >= 11 is 0. The van der Waals surface area contributed by atoms with E-state index in [0.717, 1.165) is 6.42 Å². The van der Waals surface area contributed by atoms with Gasteiger partial charge >= 0.3 is 0 Å². The summed E-state index contributed by atoms with van der Waals surface area (Å²) in [5.74, 6) is 0. The van der Waals surface area contributed by atoms with Crippen LogP contribution in [0.3, 0.4) is 0 Å². The molecular formula is C11H23BN. The molecule has 75 valence electrons. The van der Waals surface area contributed by atoms with Crippen molar-refractivity contribution >= 4 is 13.6 Å². The second kappa shape index (κ2) is 11.7. The number of unbranched alkanes of at least 4 members (excludes halogenated alkanes) is 7. The normalized spacial score (nSPS) is 10.9. The fraction of sp³-hybridized carbons (Fsp3) is 0.909. The van der Waals surface area contributed by atoms with E-state index in [1.807, 2.05) is 20.5 Å². The Labute approximate surface area is 84.3 Å². The van der Waals surface area contributed by atoms with Crippen LogP contribution in [0.1, 0.15) is 58.3 Å². The van der Waals surface area contributed by atoms with Gasteiger partial charge in [0.15, 0.2) is 0 Å². The lowest BCUT2D eigenvalue weighted by atomic mass is 10.0. The first-order valence-electron chi connectivity index (χ1n) is 5.71. The summed E-state index contributed by atoms with van der Waals surface area (Å²) in [7, 11) is 1.85. The molecule has 2 heteroatoms. The molecule has 0 aromatic rings. The predicted octanol–water partition coefficient (Wildman–Crippen LogP) is 3.87. The Kier molecular flexibility index (Phi) is 11.5. The zero-order valence-corrected chi connectivity index (χ0v) is 9.26. The average Bonchev–Trinajstić information content (AvgIpc) is 2.16. The first kappa shape index (κ1) is 12.7. The van der Waals surface area contributed by atoms with Crippen LogP contribution in [0.4, 0.5) is 0 Å². The predicted molar refractivity (Wildman–Crippen MR) is 62.7 cm³/mol. The van der Waals surface area contributed by atoms with E-state index < -0.39 is 0 Å². The van der Waals surface area contributed by atoms with Gasteiger partial charge in [-0.2, -0.15) is 0 Å². The maximum Gasteiger partial charge on any atom is 0.270 e. The van der Waals surface area contributed by atoms with Crippen molar-refractivity contribution in [2.24, 2.45) is 4.90 Å². The highest BCUT2D eigenvalue weighted by Crippen LogP contribution is 2.07. The zero-order valence-electron chi connectivity index (χ0n) is 9.26. The smallest absolute Gasteiger partial charge is 0.270 e. The standard InChI is InChI=1S/C11H23BN/c1-3-4-5-6-7-8-9-10-11-13-12-2/h11H,3-10H2,1-2H3. The van der Waals surface area contributed by atoms with Gasteiger partial charge in [-0.15, -0.1) is 0 Å². The Morgan fingerprint density at radius 1 is 1.00 bits per heavy atom. The zero-order chi connectivity index (χ0) is 9.78. The van der Waals surface area contributed by atoms with E-state index in [9.17, 15) is 0 Å². The Balaban J connectivity index is 2.87. The van der Waals surface area contributed by atoms with Crippen LogP contribution < -0.4 is 0 Å². The Bertz CT molecular complexity index is 113. The van der Waals surface area contributed by atoms with Crippen molar-refractivity contribution in [1.82, 2.24) is 0 Å². The first-order chi connectivity index (χ1) is 6.41. The van der Waals surface area contributed by atoms with E-state index in [0.29, 0.717) is 0 Å². The van der Waals surface area contributed by atoms with Gasteiger partial charge in [0.05, 0.1) is 0 Å². The van der Waals surface area contributed by atoms with Crippen molar-refractivity contribution in [3.63, 3.8) is 0 Å². The van der Waals surface area contributed by atoms with Crippen molar-refractivity contribution in [3.8, 4) is 0 Å². The molecular weight excluding hydrogens is 157 g/mol. The second-order valence-corrected chi connectivity index (χ2v) is 3.50. The van der Waals surface area contributed by atoms with Crippen LogP contribution in [0.25, 0.3) is 0 Å². The maximum absolute atomic E-state index is 4.07. The average molecular weight is 180 g/mol. The fourth-order valence-electron chi connectivity index (χ4n) is 1.37. The number of nitrogens with zero attached hydrogens (tertiary/aromatic N) is 1. The maximum atomic E-state index is 4.07. The molecule has 0 saturated carbocycles. The third-order valence-electron chi connectivity index (χ3n) is 2.19. The van der Waals surface area contributed by atoms with E-state index in [2.05, 4.69) is 11.8 Å². The molecule has 0 aliphatic rings. The van der Waals surface area contributed by atoms with Gasteiger partial charge in [0.1, 0.15) is 0 Å². The van der Waals surface area contributed by atoms with Gasteiger partial charge in [0.2, 0.25) is 0 Å². The van der Waals surface area contributed by atoms with Crippen molar-refractivity contribution in [1.29, 1.82) is 0 Å². The summed E-state index contributed by atoms with van der Waals surface area (Å²) in [5.41, 5.74) is 0. The summed E-state index contributed by atoms with van der Waals surface area (Å²) in [6.45, 7) is 4.22. The van der Waals surface area contributed by atoms with Crippen LogP contribution in [0.15, 0.2) is 4.90 Å². The van der Waals surface area contributed by atoms with E-state index in [-0.39, 0.29) is 0 Å². The minimum absolute atomic E-state index is 1.15. The van der Waals surface area contributed by atoms with E-state index >= 15 is 0 Å². The number of hydrogen-bond donors (Lipinski definition) is 0.